The van der Waals surface area contributed by atoms with Crippen molar-refractivity contribution >= 4 is 50.0 Å². The van der Waals surface area contributed by atoms with Crippen LogP contribution in [0.2, 0.25) is 0 Å². The first-order valence-electron chi connectivity index (χ1n) is 16.2. The Hall–Kier alpha value is -4.59. The van der Waals surface area contributed by atoms with Gasteiger partial charge in [0, 0.05) is 28.9 Å². The fraction of sp³-hybridized carbons (Fsp3) is 0.457. The number of nitrogens with zero attached hydrogens (tertiary/aromatic N) is 4. The van der Waals surface area contributed by atoms with Gasteiger partial charge in [-0.2, -0.15) is 0 Å². The number of thiophene rings is 2. The maximum Gasteiger partial charge on any atom is 0.407 e. The van der Waals surface area contributed by atoms with E-state index in [0.717, 1.165) is 56.5 Å². The summed E-state index contributed by atoms with van der Waals surface area (Å²) in [6.07, 6.45) is 6.04. The number of hydrogen-bond acceptors (Lipinski definition) is 8. The Morgan fingerprint density at radius 2 is 1.48 bits per heavy atom. The van der Waals surface area contributed by atoms with Gasteiger partial charge >= 0.3 is 6.09 Å². The summed E-state index contributed by atoms with van der Waals surface area (Å²) in [4.78, 5) is 58.9. The second-order valence-corrected chi connectivity index (χ2v) is 15.0. The third-order valence-electron chi connectivity index (χ3n) is 8.52. The predicted octanol–water partition coefficient (Wildman–Crippen LogP) is 5.57. The van der Waals surface area contributed by atoms with Gasteiger partial charge in [-0.05, 0) is 66.9 Å². The lowest BCUT2D eigenvalue weighted by atomic mass is 9.96. The van der Waals surface area contributed by atoms with Crippen molar-refractivity contribution in [2.45, 2.75) is 71.5 Å². The highest BCUT2D eigenvalue weighted by Gasteiger charge is 2.40. The predicted molar refractivity (Wildman–Crippen MR) is 185 cm³/mol. The number of hydrogen-bond donors (Lipinski definition) is 3. The van der Waals surface area contributed by atoms with E-state index in [1.54, 1.807) is 40.0 Å². The molecule has 3 unspecified atom stereocenters. The molecule has 4 aromatic rings. The molecular formula is C35H39N7O4S2. The van der Waals surface area contributed by atoms with Gasteiger partial charge in [-0.3, -0.25) is 9.59 Å². The number of imidazole rings is 2. The third kappa shape index (κ3) is 7.28. The molecule has 2 aliphatic heterocycles. The van der Waals surface area contributed by atoms with Crippen LogP contribution in [0, 0.1) is 35.5 Å². The number of rotatable bonds is 7. The van der Waals surface area contributed by atoms with E-state index in [4.69, 9.17) is 4.74 Å². The fourth-order valence-electron chi connectivity index (χ4n) is 5.99. The normalized spacial score (nSPS) is 17.9. The van der Waals surface area contributed by atoms with Crippen LogP contribution < -0.4 is 5.32 Å². The van der Waals surface area contributed by atoms with Gasteiger partial charge in [0.15, 0.2) is 0 Å². The average Bonchev–Trinajstić information content (AvgIpc) is 3.85. The van der Waals surface area contributed by atoms with Crippen molar-refractivity contribution < 1.29 is 19.1 Å². The number of ether oxygens (including phenoxy) is 1. The van der Waals surface area contributed by atoms with E-state index in [1.165, 1.54) is 7.11 Å². The molecule has 0 spiro atoms. The molecule has 0 aliphatic carbocycles. The molecule has 6 heterocycles. The van der Waals surface area contributed by atoms with Crippen molar-refractivity contribution in [2.75, 3.05) is 20.2 Å². The third-order valence-corrected chi connectivity index (χ3v) is 10.6. The van der Waals surface area contributed by atoms with Crippen molar-refractivity contribution in [3.05, 3.63) is 57.3 Å². The Balaban J connectivity index is 1.07. The van der Waals surface area contributed by atoms with Crippen LogP contribution in [0.3, 0.4) is 0 Å². The lowest BCUT2D eigenvalue weighted by molar-refractivity contribution is -0.142. The van der Waals surface area contributed by atoms with E-state index < -0.39 is 12.1 Å². The molecule has 48 heavy (non-hydrogen) atoms. The highest BCUT2D eigenvalue weighted by Crippen LogP contribution is 2.34. The van der Waals surface area contributed by atoms with Crippen LogP contribution in [-0.2, 0) is 14.3 Å². The van der Waals surface area contributed by atoms with Gasteiger partial charge in [0.25, 0.3) is 0 Å². The monoisotopic (exact) mass is 685 g/mol. The first-order chi connectivity index (χ1) is 23.1. The van der Waals surface area contributed by atoms with Gasteiger partial charge in [-0.1, -0.05) is 27.7 Å². The van der Waals surface area contributed by atoms with Crippen LogP contribution in [0.5, 0.6) is 0 Å². The molecule has 0 bridgehead atoms. The molecule has 13 heteroatoms. The second-order valence-electron chi connectivity index (χ2n) is 12.9. The molecule has 4 aromatic heterocycles. The van der Waals surface area contributed by atoms with Crippen LogP contribution >= 0.6 is 22.7 Å². The highest BCUT2D eigenvalue weighted by atomic mass is 32.1. The molecule has 250 valence electrons. The van der Waals surface area contributed by atoms with E-state index >= 15 is 0 Å². The van der Waals surface area contributed by atoms with E-state index in [9.17, 15) is 14.4 Å². The standard InChI is InChI=1S/C35H39N7O4S2/c1-20(2)15-30(43)41-13-6-7-26(41)32-36-18-22(38-32)8-10-24-16-28-29(47-24)17-25(48-28)11-9-23-19-37-33(39-23)27-12-14-42(27)34(44)31(21(3)4)40-35(45)46-5/h16-21,26-27,31H,6-7,12-15H2,1-5H3,(H,36,38)(H,37,39)(H,40,45). The number of carbonyl (C=O) groups is 3. The minimum absolute atomic E-state index is 0.0109. The van der Waals surface area contributed by atoms with Crippen LogP contribution in [0.4, 0.5) is 4.79 Å². The molecule has 6 rings (SSSR count). The fourth-order valence-corrected chi connectivity index (χ4v) is 8.09. The van der Waals surface area contributed by atoms with Gasteiger partial charge in [0.1, 0.15) is 29.1 Å². The summed E-state index contributed by atoms with van der Waals surface area (Å²) in [5.74, 6) is 14.6. The van der Waals surface area contributed by atoms with Crippen molar-refractivity contribution in [1.29, 1.82) is 0 Å². The van der Waals surface area contributed by atoms with Crippen LogP contribution in [0.25, 0.3) is 9.40 Å². The average molecular weight is 686 g/mol. The van der Waals surface area contributed by atoms with Crippen molar-refractivity contribution in [2.24, 2.45) is 11.8 Å². The van der Waals surface area contributed by atoms with Crippen molar-refractivity contribution in [1.82, 2.24) is 35.1 Å². The molecule has 2 saturated heterocycles. The molecule has 3 amide bonds. The van der Waals surface area contributed by atoms with Crippen LogP contribution in [0.1, 0.15) is 98.3 Å². The number of fused-ring (bicyclic) bond motifs is 1. The topological polar surface area (TPSA) is 136 Å². The number of alkyl carbamates (subject to hydrolysis) is 1. The Morgan fingerprint density at radius 3 is 1.98 bits per heavy atom. The van der Waals surface area contributed by atoms with E-state index in [1.807, 2.05) is 18.7 Å². The number of carbonyl (C=O) groups excluding carboxylic acids is 3. The minimum Gasteiger partial charge on any atom is -0.453 e. The number of methoxy groups -OCH3 is 1. The number of nitrogens with one attached hydrogen (secondary N) is 3. The molecule has 0 aromatic carbocycles. The Kier molecular flexibility index (Phi) is 9.90. The zero-order chi connectivity index (χ0) is 33.9. The molecule has 11 nitrogen and oxygen atoms in total. The summed E-state index contributed by atoms with van der Waals surface area (Å²) >= 11 is 3.23. The largest absolute Gasteiger partial charge is 0.453 e. The molecule has 3 atom stereocenters. The minimum atomic E-state index is -0.674. The van der Waals surface area contributed by atoms with Gasteiger partial charge in [0.05, 0.1) is 41.3 Å². The second kappa shape index (κ2) is 14.3. The number of aromatic nitrogens is 4. The summed E-state index contributed by atoms with van der Waals surface area (Å²) in [5.41, 5.74) is 1.41. The summed E-state index contributed by atoms with van der Waals surface area (Å²) in [6.45, 7) is 9.28. The van der Waals surface area contributed by atoms with Crippen molar-refractivity contribution in [3.63, 3.8) is 0 Å². The zero-order valence-electron chi connectivity index (χ0n) is 27.7. The van der Waals surface area contributed by atoms with Gasteiger partial charge < -0.3 is 29.8 Å². The van der Waals surface area contributed by atoms with Gasteiger partial charge in [-0.25, -0.2) is 14.8 Å². The lowest BCUT2D eigenvalue weighted by Gasteiger charge is -2.42. The number of amides is 3. The highest BCUT2D eigenvalue weighted by molar-refractivity contribution is 7.28. The quantitative estimate of drug-likeness (QED) is 0.218. The van der Waals surface area contributed by atoms with E-state index in [0.29, 0.717) is 30.4 Å². The maximum absolute atomic E-state index is 13.2. The smallest absolute Gasteiger partial charge is 0.407 e. The summed E-state index contributed by atoms with van der Waals surface area (Å²) < 4.78 is 6.94. The molecule has 2 fully saturated rings. The molecule has 3 N–H and O–H groups in total. The molecule has 0 radical (unpaired) electrons. The van der Waals surface area contributed by atoms with E-state index in [2.05, 4.69) is 74.9 Å². The lowest BCUT2D eigenvalue weighted by Crippen LogP contribution is -2.56. The summed E-state index contributed by atoms with van der Waals surface area (Å²) in [7, 11) is 1.28. The number of H-pyrrole nitrogens is 2. The Morgan fingerprint density at radius 1 is 0.896 bits per heavy atom. The SMILES string of the molecule is COC(=O)NC(C(=O)N1CCC1c1ncc(C#Cc2cc3sc(C#Cc4cnc(C5CCCN5C(=O)CC(C)C)[nH]4)cc3s2)[nH]1)C(C)C. The molecule has 0 saturated carbocycles. The van der Waals surface area contributed by atoms with Crippen molar-refractivity contribution in [3.8, 4) is 23.7 Å². The first-order valence-corrected chi connectivity index (χ1v) is 17.8. The number of likely N-dealkylation sites (tertiary alicyclic amines) is 2. The summed E-state index contributed by atoms with van der Waals surface area (Å²) in [6, 6.07) is 3.28. The van der Waals surface area contributed by atoms with Gasteiger partial charge in [0.2, 0.25) is 11.8 Å². The Bertz CT molecular complexity index is 1910. The van der Waals surface area contributed by atoms with E-state index in [-0.39, 0.29) is 29.8 Å². The van der Waals surface area contributed by atoms with Crippen LogP contribution in [-0.4, -0.2) is 73.9 Å². The summed E-state index contributed by atoms with van der Waals surface area (Å²) in [5, 5.41) is 2.65. The Labute approximate surface area is 287 Å². The first kappa shape index (κ1) is 33.3. The maximum atomic E-state index is 13.2. The number of aromatic amines is 2. The van der Waals surface area contributed by atoms with Crippen LogP contribution in [0.15, 0.2) is 24.5 Å². The molecular weight excluding hydrogens is 647 g/mol. The van der Waals surface area contributed by atoms with Gasteiger partial charge in [-0.15, -0.1) is 22.7 Å². The molecule has 2 aliphatic rings. The zero-order valence-corrected chi connectivity index (χ0v) is 29.3.